The fraction of sp³-hybridized carbons (Fsp3) is 0.684. The second-order valence-electron chi connectivity index (χ2n) is 7.35. The monoisotopic (exact) mass is 395 g/mol. The van der Waals surface area contributed by atoms with E-state index in [9.17, 15) is 19.5 Å². The lowest BCUT2D eigenvalue weighted by Gasteiger charge is -2.20. The minimum absolute atomic E-state index is 0.00815. The molecule has 0 unspecified atom stereocenters. The molecule has 2 rings (SSSR count). The number of hydrogen-bond donors (Lipinski definition) is 3. The van der Waals surface area contributed by atoms with Crippen LogP contribution in [-0.4, -0.2) is 33.9 Å². The number of aromatic carboxylic acids is 1. The second kappa shape index (κ2) is 10.4. The third-order valence-electron chi connectivity index (χ3n) is 4.68. The van der Waals surface area contributed by atoms with Gasteiger partial charge in [0, 0.05) is 23.8 Å². The molecule has 7 nitrogen and oxygen atoms in total. The molecule has 0 atom stereocenters. The topological polar surface area (TPSA) is 108 Å². The van der Waals surface area contributed by atoms with Gasteiger partial charge in [-0.25, -0.2) is 9.78 Å². The van der Waals surface area contributed by atoms with Crippen LogP contribution in [0.1, 0.15) is 92.9 Å². The zero-order chi connectivity index (χ0) is 19.8. The Bertz CT molecular complexity index is 664. The van der Waals surface area contributed by atoms with E-state index in [4.69, 9.17) is 0 Å². The lowest BCUT2D eigenvalue weighted by molar-refractivity contribution is -0.125. The number of hydrogen-bond acceptors (Lipinski definition) is 5. The van der Waals surface area contributed by atoms with Crippen LogP contribution in [0.4, 0.5) is 5.13 Å². The molecule has 150 valence electrons. The van der Waals surface area contributed by atoms with Gasteiger partial charge in [-0.1, -0.05) is 46.0 Å². The molecule has 2 amide bonds. The van der Waals surface area contributed by atoms with E-state index >= 15 is 0 Å². The molecule has 0 radical (unpaired) electrons. The molecule has 3 N–H and O–H groups in total. The molecule has 0 aliphatic heterocycles. The van der Waals surface area contributed by atoms with Crippen molar-refractivity contribution in [2.75, 3.05) is 5.32 Å². The summed E-state index contributed by atoms with van der Waals surface area (Å²) in [5.41, 5.74) is -0.0210. The summed E-state index contributed by atoms with van der Waals surface area (Å²) < 4.78 is 0. The Labute approximate surface area is 164 Å². The van der Waals surface area contributed by atoms with Crippen LogP contribution in [0.3, 0.4) is 0 Å². The summed E-state index contributed by atoms with van der Waals surface area (Å²) in [6, 6.07) is 0.214. The second-order valence-corrected chi connectivity index (χ2v) is 8.38. The highest BCUT2D eigenvalue weighted by molar-refractivity contribution is 7.16. The number of carboxylic acid groups (broad SMARTS) is 1. The maximum absolute atomic E-state index is 12.1. The number of anilines is 1. The summed E-state index contributed by atoms with van der Waals surface area (Å²) in [6.07, 6.45) is 8.19. The minimum Gasteiger partial charge on any atom is -0.476 e. The van der Waals surface area contributed by atoms with Crippen LogP contribution in [0.5, 0.6) is 0 Å². The fourth-order valence-corrected chi connectivity index (χ4v) is 4.21. The SMILES string of the molecule is CC(C)c1sc(NC(=O)CCC(=O)NC2CCCCCCC2)nc1C(=O)O. The molecule has 1 fully saturated rings. The average Bonchev–Trinajstić information content (AvgIpc) is 3.00. The molecule has 0 bridgehead atoms. The first-order chi connectivity index (χ1) is 12.9. The number of nitrogens with zero attached hydrogens (tertiary/aromatic N) is 1. The summed E-state index contributed by atoms with van der Waals surface area (Å²) >= 11 is 1.17. The van der Waals surface area contributed by atoms with E-state index in [0.717, 1.165) is 25.7 Å². The van der Waals surface area contributed by atoms with Gasteiger partial charge in [-0.3, -0.25) is 9.59 Å². The Kier molecular flexibility index (Phi) is 8.22. The lowest BCUT2D eigenvalue weighted by atomic mass is 9.96. The minimum atomic E-state index is -1.10. The molecule has 1 aromatic rings. The van der Waals surface area contributed by atoms with E-state index in [0.29, 0.717) is 4.88 Å². The van der Waals surface area contributed by atoms with Gasteiger partial charge >= 0.3 is 5.97 Å². The van der Waals surface area contributed by atoms with Gasteiger partial charge in [0.05, 0.1) is 0 Å². The molecular formula is C19H29N3O4S. The number of amides is 2. The molecule has 8 heteroatoms. The molecular weight excluding hydrogens is 366 g/mol. The predicted molar refractivity (Wildman–Crippen MR) is 105 cm³/mol. The Balaban J connectivity index is 1.80. The molecule has 1 aliphatic carbocycles. The smallest absolute Gasteiger partial charge is 0.355 e. The molecule has 0 spiro atoms. The molecule has 27 heavy (non-hydrogen) atoms. The van der Waals surface area contributed by atoms with Crippen molar-refractivity contribution in [1.82, 2.24) is 10.3 Å². The van der Waals surface area contributed by atoms with Crippen molar-refractivity contribution in [1.29, 1.82) is 0 Å². The Morgan fingerprint density at radius 1 is 1.07 bits per heavy atom. The van der Waals surface area contributed by atoms with E-state index in [2.05, 4.69) is 15.6 Å². The van der Waals surface area contributed by atoms with Crippen molar-refractivity contribution in [3.8, 4) is 0 Å². The highest BCUT2D eigenvalue weighted by atomic mass is 32.1. The van der Waals surface area contributed by atoms with Crippen LogP contribution in [0, 0.1) is 0 Å². The number of carbonyl (C=O) groups is 3. The first-order valence-electron chi connectivity index (χ1n) is 9.70. The first kappa shape index (κ1) is 21.3. The van der Waals surface area contributed by atoms with Crippen molar-refractivity contribution >= 4 is 34.3 Å². The molecule has 0 aromatic carbocycles. The van der Waals surface area contributed by atoms with Gasteiger partial charge in [0.25, 0.3) is 0 Å². The summed E-state index contributed by atoms with van der Waals surface area (Å²) in [5, 5.41) is 15.1. The van der Waals surface area contributed by atoms with Gasteiger partial charge in [-0.05, 0) is 18.8 Å². The van der Waals surface area contributed by atoms with Gasteiger partial charge in [-0.15, -0.1) is 11.3 Å². The lowest BCUT2D eigenvalue weighted by Crippen LogP contribution is -2.35. The zero-order valence-electron chi connectivity index (χ0n) is 16.0. The standard InChI is InChI=1S/C19H29N3O4S/c1-12(2)17-16(18(25)26)22-19(27-17)21-15(24)11-10-14(23)20-13-8-6-4-3-5-7-9-13/h12-13H,3-11H2,1-2H3,(H,20,23)(H,25,26)(H,21,22,24). The Morgan fingerprint density at radius 3 is 2.22 bits per heavy atom. The van der Waals surface area contributed by atoms with E-state index in [-0.39, 0.29) is 47.4 Å². The van der Waals surface area contributed by atoms with Gasteiger partial charge in [-0.2, -0.15) is 0 Å². The predicted octanol–water partition coefficient (Wildman–Crippen LogP) is 3.91. The molecule has 0 saturated heterocycles. The van der Waals surface area contributed by atoms with Crippen molar-refractivity contribution in [2.24, 2.45) is 0 Å². The third-order valence-corrected chi connectivity index (χ3v) is 5.95. The fourth-order valence-electron chi connectivity index (χ4n) is 3.24. The largest absolute Gasteiger partial charge is 0.476 e. The maximum atomic E-state index is 12.1. The summed E-state index contributed by atoms with van der Waals surface area (Å²) in [7, 11) is 0. The number of aromatic nitrogens is 1. The summed E-state index contributed by atoms with van der Waals surface area (Å²) in [6.45, 7) is 3.76. The van der Waals surface area contributed by atoms with Crippen LogP contribution in [0.25, 0.3) is 0 Å². The quantitative estimate of drug-likeness (QED) is 0.648. The van der Waals surface area contributed by atoms with Gasteiger partial charge < -0.3 is 15.7 Å². The molecule has 1 aliphatic rings. The van der Waals surface area contributed by atoms with E-state index in [1.807, 2.05) is 13.8 Å². The highest BCUT2D eigenvalue weighted by Gasteiger charge is 2.21. The average molecular weight is 396 g/mol. The molecule has 1 heterocycles. The summed E-state index contributed by atoms with van der Waals surface area (Å²) in [5.74, 6) is -1.53. The van der Waals surface area contributed by atoms with Crippen molar-refractivity contribution in [3.63, 3.8) is 0 Å². The van der Waals surface area contributed by atoms with E-state index in [1.54, 1.807) is 0 Å². The van der Waals surface area contributed by atoms with Crippen molar-refractivity contribution in [3.05, 3.63) is 10.6 Å². The zero-order valence-corrected chi connectivity index (χ0v) is 16.9. The highest BCUT2D eigenvalue weighted by Crippen LogP contribution is 2.30. The van der Waals surface area contributed by atoms with Gasteiger partial charge in [0.2, 0.25) is 11.8 Å². The van der Waals surface area contributed by atoms with E-state index < -0.39 is 5.97 Å². The van der Waals surface area contributed by atoms with Crippen LogP contribution in [0.2, 0.25) is 0 Å². The Hall–Kier alpha value is -1.96. The maximum Gasteiger partial charge on any atom is 0.355 e. The van der Waals surface area contributed by atoms with Gasteiger partial charge in [0.15, 0.2) is 10.8 Å². The number of carboxylic acids is 1. The number of carbonyl (C=O) groups excluding carboxylic acids is 2. The number of thiazole rings is 1. The molecule has 1 saturated carbocycles. The van der Waals surface area contributed by atoms with Gasteiger partial charge in [0.1, 0.15) is 0 Å². The van der Waals surface area contributed by atoms with Crippen LogP contribution in [0.15, 0.2) is 0 Å². The van der Waals surface area contributed by atoms with Crippen LogP contribution in [-0.2, 0) is 9.59 Å². The van der Waals surface area contributed by atoms with Crippen LogP contribution < -0.4 is 10.6 Å². The first-order valence-corrected chi connectivity index (χ1v) is 10.5. The third kappa shape index (κ3) is 6.93. The van der Waals surface area contributed by atoms with Crippen molar-refractivity contribution < 1.29 is 19.5 Å². The van der Waals surface area contributed by atoms with E-state index in [1.165, 1.54) is 30.6 Å². The molecule has 1 aromatic heterocycles. The van der Waals surface area contributed by atoms with Crippen molar-refractivity contribution in [2.45, 2.75) is 83.6 Å². The number of rotatable bonds is 7. The normalized spacial score (nSPS) is 15.8. The van der Waals surface area contributed by atoms with Crippen LogP contribution >= 0.6 is 11.3 Å². The number of nitrogens with one attached hydrogen (secondary N) is 2. The summed E-state index contributed by atoms with van der Waals surface area (Å²) in [4.78, 5) is 40.1. The Morgan fingerprint density at radius 2 is 1.67 bits per heavy atom.